The van der Waals surface area contributed by atoms with Crippen LogP contribution in [-0.4, -0.2) is 57.7 Å². The summed E-state index contributed by atoms with van der Waals surface area (Å²) in [6.07, 6.45) is 1.34. The van der Waals surface area contributed by atoms with Crippen molar-refractivity contribution >= 4 is 5.97 Å². The Labute approximate surface area is 161 Å². The van der Waals surface area contributed by atoms with Gasteiger partial charge in [0.1, 0.15) is 11.9 Å². The molecule has 154 valence electrons. The number of alkyl halides is 3. The molecule has 9 heteroatoms. The number of halogens is 3. The van der Waals surface area contributed by atoms with E-state index in [-0.39, 0.29) is 0 Å². The quantitative estimate of drug-likeness (QED) is 0.835. The molecule has 0 radical (unpaired) electrons. The van der Waals surface area contributed by atoms with E-state index >= 15 is 0 Å². The molecule has 1 aliphatic rings. The maximum atomic E-state index is 10.6. The third-order valence-corrected chi connectivity index (χ3v) is 4.27. The molecule has 0 unspecified atom stereocenters. The number of carboxylic acids is 1. The number of hydrogen-bond donors (Lipinski definition) is 1. The van der Waals surface area contributed by atoms with E-state index in [9.17, 15) is 13.2 Å². The van der Waals surface area contributed by atoms with Gasteiger partial charge in [0.25, 0.3) is 0 Å². The third-order valence-electron chi connectivity index (χ3n) is 4.27. The third kappa shape index (κ3) is 7.59. The Morgan fingerprint density at radius 1 is 1.25 bits per heavy atom. The Kier molecular flexibility index (Phi) is 7.86. The van der Waals surface area contributed by atoms with Crippen molar-refractivity contribution in [1.82, 2.24) is 14.7 Å². The second-order valence-electron chi connectivity index (χ2n) is 6.55. The molecule has 28 heavy (non-hydrogen) atoms. The van der Waals surface area contributed by atoms with Crippen LogP contribution in [0.25, 0.3) is 0 Å². The summed E-state index contributed by atoms with van der Waals surface area (Å²) >= 11 is 0. The van der Waals surface area contributed by atoms with Crippen LogP contribution in [0.4, 0.5) is 13.2 Å². The van der Waals surface area contributed by atoms with E-state index in [0.717, 1.165) is 44.8 Å². The summed E-state index contributed by atoms with van der Waals surface area (Å²) < 4.78 is 39.8. The molecule has 1 fully saturated rings. The predicted molar refractivity (Wildman–Crippen MR) is 97.2 cm³/mol. The number of aromatic nitrogens is 2. The van der Waals surface area contributed by atoms with E-state index in [4.69, 9.17) is 14.6 Å². The number of carbonyl (C=O) groups is 1. The molecule has 0 bridgehead atoms. The van der Waals surface area contributed by atoms with Gasteiger partial charge in [-0.15, -0.1) is 0 Å². The summed E-state index contributed by atoms with van der Waals surface area (Å²) in [5, 5.41) is 11.4. The monoisotopic (exact) mass is 399 g/mol. The number of piperidine rings is 1. The summed E-state index contributed by atoms with van der Waals surface area (Å²) in [5.41, 5.74) is 1.25. The molecule has 1 saturated heterocycles. The highest BCUT2D eigenvalue weighted by atomic mass is 19.4. The number of benzene rings is 1. The second-order valence-corrected chi connectivity index (χ2v) is 6.55. The van der Waals surface area contributed by atoms with E-state index in [2.05, 4.69) is 41.2 Å². The molecule has 0 saturated carbocycles. The Morgan fingerprint density at radius 2 is 1.93 bits per heavy atom. The minimum absolute atomic E-state index is 0.354. The maximum absolute atomic E-state index is 10.6. The van der Waals surface area contributed by atoms with Crippen molar-refractivity contribution in [3.8, 4) is 5.75 Å². The van der Waals surface area contributed by atoms with Crippen molar-refractivity contribution in [3.63, 3.8) is 0 Å². The van der Waals surface area contributed by atoms with Gasteiger partial charge in [-0.05, 0) is 43.5 Å². The molecule has 1 aromatic heterocycles. The smallest absolute Gasteiger partial charge is 0.490 e. The zero-order valence-corrected chi connectivity index (χ0v) is 15.6. The molecule has 0 aliphatic carbocycles. The van der Waals surface area contributed by atoms with Crippen LogP contribution in [0.3, 0.4) is 0 Å². The molecule has 6 nitrogen and oxygen atoms in total. The van der Waals surface area contributed by atoms with Gasteiger partial charge in [0.15, 0.2) is 0 Å². The molecule has 0 spiro atoms. The molecule has 3 rings (SSSR count). The van der Waals surface area contributed by atoms with Gasteiger partial charge in [-0.3, -0.25) is 4.68 Å². The molecular formula is C19H24F3N3O3. The molecule has 2 heterocycles. The SMILES string of the molecule is Cc1cccc(OC2CCN(CCn3cccn3)CC2)c1.O=C(O)C(F)(F)F. The minimum Gasteiger partial charge on any atom is -0.490 e. The van der Waals surface area contributed by atoms with Crippen LogP contribution >= 0.6 is 0 Å². The van der Waals surface area contributed by atoms with Crippen molar-refractivity contribution in [2.75, 3.05) is 19.6 Å². The van der Waals surface area contributed by atoms with Gasteiger partial charge in [-0.2, -0.15) is 18.3 Å². The number of ether oxygens (including phenoxy) is 1. The fraction of sp³-hybridized carbons (Fsp3) is 0.474. The lowest BCUT2D eigenvalue weighted by molar-refractivity contribution is -0.192. The Hall–Kier alpha value is -2.55. The number of rotatable bonds is 5. The molecule has 0 amide bonds. The van der Waals surface area contributed by atoms with Crippen molar-refractivity contribution in [3.05, 3.63) is 48.3 Å². The molecule has 0 atom stereocenters. The van der Waals surface area contributed by atoms with E-state index < -0.39 is 12.1 Å². The van der Waals surface area contributed by atoms with Crippen molar-refractivity contribution in [2.24, 2.45) is 0 Å². The Morgan fingerprint density at radius 3 is 2.46 bits per heavy atom. The number of carboxylic acid groups (broad SMARTS) is 1. The molecule has 2 aromatic rings. The van der Waals surface area contributed by atoms with Crippen molar-refractivity contribution in [2.45, 2.75) is 38.6 Å². The van der Waals surface area contributed by atoms with Gasteiger partial charge < -0.3 is 14.7 Å². The Balaban J connectivity index is 0.000000345. The zero-order valence-electron chi connectivity index (χ0n) is 15.6. The highest BCUT2D eigenvalue weighted by molar-refractivity contribution is 5.73. The fourth-order valence-electron chi connectivity index (χ4n) is 2.81. The van der Waals surface area contributed by atoms with Crippen molar-refractivity contribution < 1.29 is 27.8 Å². The first-order chi connectivity index (χ1) is 13.2. The zero-order chi connectivity index (χ0) is 20.6. The van der Waals surface area contributed by atoms with Crippen molar-refractivity contribution in [1.29, 1.82) is 0 Å². The normalized spacial score (nSPS) is 15.6. The van der Waals surface area contributed by atoms with Crippen LogP contribution in [0.15, 0.2) is 42.7 Å². The van der Waals surface area contributed by atoms with Gasteiger partial charge in [0, 0.05) is 32.0 Å². The predicted octanol–water partition coefficient (Wildman–Crippen LogP) is 3.37. The lowest BCUT2D eigenvalue weighted by atomic mass is 10.1. The number of nitrogens with zero attached hydrogens (tertiary/aromatic N) is 3. The largest absolute Gasteiger partial charge is 0.490 e. The number of aliphatic carboxylic acids is 1. The van der Waals surface area contributed by atoms with E-state index in [0.29, 0.717) is 6.10 Å². The maximum Gasteiger partial charge on any atom is 0.490 e. The van der Waals surface area contributed by atoms with Crippen LogP contribution in [0.2, 0.25) is 0 Å². The second kappa shape index (κ2) is 10.1. The topological polar surface area (TPSA) is 67.6 Å². The number of likely N-dealkylation sites (tertiary alicyclic amines) is 1. The minimum atomic E-state index is -5.08. The fourth-order valence-corrected chi connectivity index (χ4v) is 2.81. The van der Waals surface area contributed by atoms with Crippen LogP contribution in [0.1, 0.15) is 18.4 Å². The van der Waals surface area contributed by atoms with Gasteiger partial charge in [-0.1, -0.05) is 12.1 Å². The molecule has 1 aromatic carbocycles. The first-order valence-electron chi connectivity index (χ1n) is 8.97. The number of hydrogen-bond acceptors (Lipinski definition) is 4. The summed E-state index contributed by atoms with van der Waals surface area (Å²) in [6.45, 7) is 6.36. The average molecular weight is 399 g/mol. The van der Waals surface area contributed by atoms with Crippen LogP contribution in [-0.2, 0) is 11.3 Å². The lowest BCUT2D eigenvalue weighted by Crippen LogP contribution is -2.39. The molecular weight excluding hydrogens is 375 g/mol. The van der Waals surface area contributed by atoms with Crippen LogP contribution in [0, 0.1) is 6.92 Å². The average Bonchev–Trinajstić information content (AvgIpc) is 3.14. The van der Waals surface area contributed by atoms with E-state index in [1.54, 1.807) is 0 Å². The van der Waals surface area contributed by atoms with Gasteiger partial charge in [0.05, 0.1) is 6.54 Å². The molecule has 1 aliphatic heterocycles. The van der Waals surface area contributed by atoms with Crippen LogP contribution in [0.5, 0.6) is 5.75 Å². The highest BCUT2D eigenvalue weighted by Gasteiger charge is 2.38. The van der Waals surface area contributed by atoms with Gasteiger partial charge in [-0.25, -0.2) is 4.79 Å². The van der Waals surface area contributed by atoms with Crippen LogP contribution < -0.4 is 4.74 Å². The summed E-state index contributed by atoms with van der Waals surface area (Å²) in [4.78, 5) is 11.4. The highest BCUT2D eigenvalue weighted by Crippen LogP contribution is 2.20. The first-order valence-corrected chi connectivity index (χ1v) is 8.97. The lowest BCUT2D eigenvalue weighted by Gasteiger charge is -2.32. The standard InChI is InChI=1S/C17H23N3O.C2HF3O2/c1-15-4-2-5-17(14-15)21-16-6-10-19(11-7-16)12-13-20-9-3-8-18-20;3-2(4,5)1(6)7/h2-5,8-9,14,16H,6-7,10-13H2,1H3;(H,6,7). The summed E-state index contributed by atoms with van der Waals surface area (Å²) in [5.74, 6) is -1.75. The number of aryl methyl sites for hydroxylation is 1. The van der Waals surface area contributed by atoms with E-state index in [1.165, 1.54) is 5.56 Å². The molecule has 1 N–H and O–H groups in total. The van der Waals surface area contributed by atoms with Gasteiger partial charge >= 0.3 is 12.1 Å². The van der Waals surface area contributed by atoms with E-state index in [1.807, 2.05) is 23.1 Å². The first kappa shape index (κ1) is 21.7. The Bertz CT molecular complexity index is 728. The summed E-state index contributed by atoms with van der Waals surface area (Å²) in [7, 11) is 0. The van der Waals surface area contributed by atoms with Gasteiger partial charge in [0.2, 0.25) is 0 Å². The summed E-state index contributed by atoms with van der Waals surface area (Å²) in [6, 6.07) is 10.3.